The summed E-state index contributed by atoms with van der Waals surface area (Å²) in [5.41, 5.74) is 0.642. The molecule has 2 fully saturated rings. The molecule has 2 aliphatic rings. The summed E-state index contributed by atoms with van der Waals surface area (Å²) >= 11 is 0. The van der Waals surface area contributed by atoms with Crippen molar-refractivity contribution in [2.75, 3.05) is 39.9 Å². The smallest absolute Gasteiger partial charge is 0.0615 e. The van der Waals surface area contributed by atoms with Crippen LogP contribution in [-0.4, -0.2) is 50.8 Å². The molecule has 2 aliphatic heterocycles. The number of methoxy groups -OCH3 is 1. The topological polar surface area (TPSA) is 24.5 Å². The van der Waals surface area contributed by atoms with E-state index in [-0.39, 0.29) is 0 Å². The Kier molecular flexibility index (Phi) is 3.65. The molecule has 0 amide bonds. The summed E-state index contributed by atoms with van der Waals surface area (Å²) in [7, 11) is 1.79. The van der Waals surface area contributed by atoms with Crippen molar-refractivity contribution in [3.05, 3.63) is 0 Å². The second-order valence-corrected chi connectivity index (χ2v) is 5.27. The Balaban J connectivity index is 1.81. The summed E-state index contributed by atoms with van der Waals surface area (Å²) in [6, 6.07) is 0.585. The lowest BCUT2D eigenvalue weighted by Crippen LogP contribution is -2.46. The Morgan fingerprint density at radius 2 is 2.07 bits per heavy atom. The third kappa shape index (κ3) is 2.52. The van der Waals surface area contributed by atoms with E-state index >= 15 is 0 Å². The van der Waals surface area contributed by atoms with Crippen molar-refractivity contribution in [3.63, 3.8) is 0 Å². The molecule has 2 heterocycles. The average Bonchev–Trinajstić information content (AvgIpc) is 2.68. The van der Waals surface area contributed by atoms with E-state index in [1.165, 1.54) is 45.4 Å². The largest absolute Gasteiger partial charge is 0.383 e. The van der Waals surface area contributed by atoms with E-state index in [1.807, 2.05) is 0 Å². The van der Waals surface area contributed by atoms with Crippen LogP contribution in [0.2, 0.25) is 0 Å². The SMILES string of the molecule is COCC(C)N1CCC2(CCNC2)CC1. The molecule has 0 aromatic rings. The maximum Gasteiger partial charge on any atom is 0.0615 e. The maximum absolute atomic E-state index is 5.22. The van der Waals surface area contributed by atoms with Gasteiger partial charge in [0.15, 0.2) is 0 Å². The molecule has 0 radical (unpaired) electrons. The molecule has 2 saturated heterocycles. The lowest BCUT2D eigenvalue weighted by Gasteiger charge is -2.41. The van der Waals surface area contributed by atoms with Crippen molar-refractivity contribution in [1.29, 1.82) is 0 Å². The normalized spacial score (nSPS) is 28.4. The molecule has 3 heteroatoms. The van der Waals surface area contributed by atoms with Crippen molar-refractivity contribution in [2.45, 2.75) is 32.2 Å². The summed E-state index contributed by atoms with van der Waals surface area (Å²) < 4.78 is 5.22. The number of piperidine rings is 1. The van der Waals surface area contributed by atoms with Gasteiger partial charge in [-0.25, -0.2) is 0 Å². The first-order valence-electron chi connectivity index (χ1n) is 6.19. The number of nitrogens with zero attached hydrogens (tertiary/aromatic N) is 1. The van der Waals surface area contributed by atoms with Gasteiger partial charge in [-0.3, -0.25) is 4.90 Å². The fraction of sp³-hybridized carbons (Fsp3) is 1.00. The second kappa shape index (κ2) is 4.81. The van der Waals surface area contributed by atoms with Crippen LogP contribution in [0.3, 0.4) is 0 Å². The number of hydrogen-bond acceptors (Lipinski definition) is 3. The molecule has 3 nitrogen and oxygen atoms in total. The molecule has 0 saturated carbocycles. The summed E-state index contributed by atoms with van der Waals surface area (Å²) in [5.74, 6) is 0. The van der Waals surface area contributed by atoms with Gasteiger partial charge in [-0.1, -0.05) is 0 Å². The molecule has 1 N–H and O–H groups in total. The van der Waals surface area contributed by atoms with Crippen molar-refractivity contribution in [3.8, 4) is 0 Å². The third-order valence-corrected chi connectivity index (χ3v) is 4.22. The Labute approximate surface area is 93.2 Å². The summed E-state index contributed by atoms with van der Waals surface area (Å²) in [5, 5.41) is 3.51. The van der Waals surface area contributed by atoms with E-state index in [1.54, 1.807) is 7.11 Å². The number of rotatable bonds is 3. The van der Waals surface area contributed by atoms with Gasteiger partial charge in [0.05, 0.1) is 6.61 Å². The molecule has 2 rings (SSSR count). The standard InChI is InChI=1S/C12H24N2O/c1-11(9-15-2)14-7-4-12(5-8-14)3-6-13-10-12/h11,13H,3-10H2,1-2H3. The first-order valence-corrected chi connectivity index (χ1v) is 6.19. The van der Waals surface area contributed by atoms with E-state index in [2.05, 4.69) is 17.1 Å². The first kappa shape index (κ1) is 11.4. The molecular formula is C12H24N2O. The number of likely N-dealkylation sites (tertiary alicyclic amines) is 1. The Morgan fingerprint density at radius 1 is 1.33 bits per heavy atom. The molecular weight excluding hydrogens is 188 g/mol. The van der Waals surface area contributed by atoms with Crippen LogP contribution in [0.5, 0.6) is 0 Å². The monoisotopic (exact) mass is 212 g/mol. The van der Waals surface area contributed by atoms with E-state index in [4.69, 9.17) is 4.74 Å². The minimum Gasteiger partial charge on any atom is -0.383 e. The average molecular weight is 212 g/mol. The predicted molar refractivity (Wildman–Crippen MR) is 62.1 cm³/mol. The van der Waals surface area contributed by atoms with E-state index in [0.717, 1.165) is 6.61 Å². The Morgan fingerprint density at radius 3 is 2.60 bits per heavy atom. The fourth-order valence-corrected chi connectivity index (χ4v) is 3.01. The van der Waals surface area contributed by atoms with Crippen LogP contribution < -0.4 is 5.32 Å². The fourth-order valence-electron chi connectivity index (χ4n) is 3.01. The van der Waals surface area contributed by atoms with Gasteiger partial charge in [0.25, 0.3) is 0 Å². The van der Waals surface area contributed by atoms with Crippen LogP contribution in [-0.2, 0) is 4.74 Å². The minimum atomic E-state index is 0.585. The van der Waals surface area contributed by atoms with Crippen molar-refractivity contribution in [1.82, 2.24) is 10.2 Å². The van der Waals surface area contributed by atoms with E-state index < -0.39 is 0 Å². The number of ether oxygens (including phenoxy) is 1. The van der Waals surface area contributed by atoms with Gasteiger partial charge >= 0.3 is 0 Å². The summed E-state index contributed by atoms with van der Waals surface area (Å²) in [6.45, 7) is 8.13. The highest BCUT2D eigenvalue weighted by molar-refractivity contribution is 4.92. The van der Waals surface area contributed by atoms with Crippen molar-refractivity contribution < 1.29 is 4.74 Å². The zero-order chi connectivity index (χ0) is 10.7. The van der Waals surface area contributed by atoms with Crippen LogP contribution in [0.4, 0.5) is 0 Å². The molecule has 0 aromatic heterocycles. The summed E-state index contributed by atoms with van der Waals surface area (Å²) in [6.07, 6.45) is 4.13. The van der Waals surface area contributed by atoms with Crippen LogP contribution in [0.25, 0.3) is 0 Å². The molecule has 0 bridgehead atoms. The first-order chi connectivity index (χ1) is 7.26. The molecule has 88 valence electrons. The van der Waals surface area contributed by atoms with Gasteiger partial charge in [0.2, 0.25) is 0 Å². The number of hydrogen-bond donors (Lipinski definition) is 1. The molecule has 1 atom stereocenters. The molecule has 1 spiro atoms. The molecule has 0 aromatic carbocycles. The van der Waals surface area contributed by atoms with Gasteiger partial charge in [0.1, 0.15) is 0 Å². The van der Waals surface area contributed by atoms with E-state index in [9.17, 15) is 0 Å². The molecule has 1 unspecified atom stereocenters. The minimum absolute atomic E-state index is 0.585. The van der Waals surface area contributed by atoms with Crippen LogP contribution in [0, 0.1) is 5.41 Å². The van der Waals surface area contributed by atoms with Gasteiger partial charge in [-0.05, 0) is 51.2 Å². The highest BCUT2D eigenvalue weighted by Crippen LogP contribution is 2.37. The van der Waals surface area contributed by atoms with Gasteiger partial charge in [-0.2, -0.15) is 0 Å². The van der Waals surface area contributed by atoms with Crippen LogP contribution in [0.15, 0.2) is 0 Å². The lowest BCUT2D eigenvalue weighted by molar-refractivity contribution is 0.0492. The molecule has 0 aliphatic carbocycles. The molecule has 15 heavy (non-hydrogen) atoms. The van der Waals surface area contributed by atoms with Gasteiger partial charge in [-0.15, -0.1) is 0 Å². The van der Waals surface area contributed by atoms with Gasteiger partial charge in [0, 0.05) is 19.7 Å². The third-order valence-electron chi connectivity index (χ3n) is 4.22. The Bertz CT molecular complexity index is 192. The zero-order valence-electron chi connectivity index (χ0n) is 10.1. The summed E-state index contributed by atoms with van der Waals surface area (Å²) in [4.78, 5) is 2.58. The Hall–Kier alpha value is -0.120. The van der Waals surface area contributed by atoms with Crippen molar-refractivity contribution >= 4 is 0 Å². The highest BCUT2D eigenvalue weighted by atomic mass is 16.5. The van der Waals surface area contributed by atoms with Crippen LogP contribution >= 0.6 is 0 Å². The number of nitrogens with one attached hydrogen (secondary N) is 1. The van der Waals surface area contributed by atoms with Crippen LogP contribution in [0.1, 0.15) is 26.2 Å². The quantitative estimate of drug-likeness (QED) is 0.758. The predicted octanol–water partition coefficient (Wildman–Crippen LogP) is 1.10. The second-order valence-electron chi connectivity index (χ2n) is 5.27. The highest BCUT2D eigenvalue weighted by Gasteiger charge is 2.37. The maximum atomic E-state index is 5.22. The zero-order valence-corrected chi connectivity index (χ0v) is 10.1. The van der Waals surface area contributed by atoms with Gasteiger partial charge < -0.3 is 10.1 Å². The van der Waals surface area contributed by atoms with Crippen molar-refractivity contribution in [2.24, 2.45) is 5.41 Å². The van der Waals surface area contributed by atoms with E-state index in [0.29, 0.717) is 11.5 Å². The lowest BCUT2D eigenvalue weighted by atomic mass is 9.77.